The number of morpholine rings is 3. The van der Waals surface area contributed by atoms with E-state index in [0.717, 1.165) is 0 Å². The number of rotatable bonds is 4. The molecule has 0 radical (unpaired) electrons. The van der Waals surface area contributed by atoms with Gasteiger partial charge in [0.05, 0.1) is 63.8 Å². The normalized spacial score (nSPS) is 27.8. The van der Waals surface area contributed by atoms with Crippen molar-refractivity contribution in [2.75, 3.05) is 55.2 Å². The lowest BCUT2D eigenvalue weighted by molar-refractivity contribution is -0.0355. The Kier molecular flexibility index (Phi) is 5.97. The van der Waals surface area contributed by atoms with Crippen LogP contribution in [0.3, 0.4) is 0 Å². The predicted octanol–water partition coefficient (Wildman–Crippen LogP) is 1.67. The molecule has 3 fully saturated rings. The van der Waals surface area contributed by atoms with Gasteiger partial charge in [0.1, 0.15) is 5.82 Å². The number of nitrogen functional groups attached to an aromatic ring is 1. The highest BCUT2D eigenvalue weighted by Crippen LogP contribution is 2.34. The van der Waals surface area contributed by atoms with Crippen molar-refractivity contribution in [3.8, 4) is 11.4 Å². The van der Waals surface area contributed by atoms with Crippen LogP contribution in [0.2, 0.25) is 0 Å². The number of aromatic nitrogens is 4. The summed E-state index contributed by atoms with van der Waals surface area (Å²) in [5.41, 5.74) is 5.55. The molecule has 2 aromatic rings. The van der Waals surface area contributed by atoms with Gasteiger partial charge >= 0.3 is 0 Å². The first-order chi connectivity index (χ1) is 15.9. The van der Waals surface area contributed by atoms with Crippen molar-refractivity contribution < 1.29 is 23.0 Å². The Morgan fingerprint density at radius 2 is 1.42 bits per heavy atom. The molecule has 0 aliphatic carbocycles. The molecule has 2 N–H and O–H groups in total. The van der Waals surface area contributed by atoms with Crippen molar-refractivity contribution in [3.63, 3.8) is 0 Å². The van der Waals surface area contributed by atoms with Crippen LogP contribution in [0.4, 0.5) is 26.5 Å². The van der Waals surface area contributed by atoms with Gasteiger partial charge in [-0.25, -0.2) is 13.8 Å². The quantitative estimate of drug-likeness (QED) is 0.719. The number of ether oxygens (including phenoxy) is 3. The Balaban J connectivity index is 1.66. The SMILES string of the molecule is C[C@@H]1COC[C@H](C)N1c1nc(-c2cnc(N)cc2C(F)F)nc(N2C3COCC2COC3)n1. The first-order valence-electron chi connectivity index (χ1n) is 11.0. The standard InChI is InChI=1S/C21H27F2N7O3/c1-11-5-31-6-12(2)29(11)20-26-19(16-4-25-17(24)3-15(16)18(22)23)27-21(28-20)30-13-7-32-9-14(30)10-33-8-13/h3-4,11-14,18H,5-10H2,1-2H3,(H2,24,25)/t11-,12+,13?,14?. The average molecular weight is 463 g/mol. The predicted molar refractivity (Wildman–Crippen MR) is 116 cm³/mol. The fraction of sp³-hybridized carbons (Fsp3) is 0.619. The van der Waals surface area contributed by atoms with Crippen LogP contribution in [0.25, 0.3) is 11.4 Å². The third kappa shape index (κ3) is 4.18. The topological polar surface area (TPSA) is 112 Å². The van der Waals surface area contributed by atoms with Crippen molar-refractivity contribution in [2.24, 2.45) is 0 Å². The molecule has 0 unspecified atom stereocenters. The minimum atomic E-state index is -2.76. The molecule has 0 aromatic carbocycles. The molecule has 0 amide bonds. The van der Waals surface area contributed by atoms with E-state index in [2.05, 4.69) is 24.8 Å². The summed E-state index contributed by atoms with van der Waals surface area (Å²) in [6.45, 7) is 6.97. The zero-order chi connectivity index (χ0) is 23.1. The molecule has 2 atom stereocenters. The monoisotopic (exact) mass is 463 g/mol. The summed E-state index contributed by atoms with van der Waals surface area (Å²) >= 11 is 0. The molecular weight excluding hydrogens is 436 g/mol. The molecule has 2 bridgehead atoms. The van der Waals surface area contributed by atoms with Gasteiger partial charge in [-0.15, -0.1) is 0 Å². The number of pyridine rings is 1. The molecule has 2 aromatic heterocycles. The minimum absolute atomic E-state index is 0.00323. The summed E-state index contributed by atoms with van der Waals surface area (Å²) < 4.78 is 44.8. The van der Waals surface area contributed by atoms with Gasteiger partial charge in [0, 0.05) is 17.3 Å². The molecule has 5 heterocycles. The number of anilines is 3. The van der Waals surface area contributed by atoms with E-state index in [1.807, 2.05) is 13.8 Å². The fourth-order valence-electron chi connectivity index (χ4n) is 4.68. The van der Waals surface area contributed by atoms with Gasteiger partial charge in [0.2, 0.25) is 11.9 Å². The van der Waals surface area contributed by atoms with E-state index in [9.17, 15) is 8.78 Å². The third-order valence-electron chi connectivity index (χ3n) is 6.20. The second kappa shape index (κ2) is 8.92. The van der Waals surface area contributed by atoms with Gasteiger partial charge in [-0.1, -0.05) is 0 Å². The van der Waals surface area contributed by atoms with Crippen LogP contribution >= 0.6 is 0 Å². The van der Waals surface area contributed by atoms with E-state index >= 15 is 0 Å². The summed E-state index contributed by atoms with van der Waals surface area (Å²) in [6, 6.07) is 1.03. The number of halogens is 2. The number of alkyl halides is 2. The number of nitrogens with two attached hydrogens (primary N) is 1. The van der Waals surface area contributed by atoms with E-state index in [1.165, 1.54) is 12.3 Å². The van der Waals surface area contributed by atoms with Crippen molar-refractivity contribution >= 4 is 17.7 Å². The minimum Gasteiger partial charge on any atom is -0.384 e. The van der Waals surface area contributed by atoms with Crippen LogP contribution in [-0.4, -0.2) is 83.7 Å². The van der Waals surface area contributed by atoms with Crippen molar-refractivity contribution in [1.29, 1.82) is 0 Å². The summed E-state index contributed by atoms with van der Waals surface area (Å²) in [4.78, 5) is 22.2. The summed E-state index contributed by atoms with van der Waals surface area (Å²) in [7, 11) is 0. The first kappa shape index (κ1) is 22.1. The van der Waals surface area contributed by atoms with E-state index in [0.29, 0.717) is 51.5 Å². The molecule has 3 saturated heterocycles. The second-order valence-corrected chi connectivity index (χ2v) is 8.69. The summed E-state index contributed by atoms with van der Waals surface area (Å²) in [5.74, 6) is 0.980. The highest BCUT2D eigenvalue weighted by atomic mass is 19.3. The van der Waals surface area contributed by atoms with E-state index in [-0.39, 0.29) is 46.9 Å². The maximum absolute atomic E-state index is 13.9. The molecule has 33 heavy (non-hydrogen) atoms. The van der Waals surface area contributed by atoms with Gasteiger partial charge in [-0.3, -0.25) is 0 Å². The summed E-state index contributed by atoms with van der Waals surface area (Å²) in [6.07, 6.45) is -1.46. The highest BCUT2D eigenvalue weighted by molar-refractivity contribution is 5.64. The van der Waals surface area contributed by atoms with E-state index in [1.54, 1.807) is 0 Å². The maximum atomic E-state index is 13.9. The molecular formula is C21H27F2N7O3. The van der Waals surface area contributed by atoms with Gasteiger partial charge in [-0.05, 0) is 19.9 Å². The molecule has 178 valence electrons. The average Bonchev–Trinajstić information content (AvgIpc) is 2.78. The molecule has 3 aliphatic heterocycles. The molecule has 12 heteroatoms. The van der Waals surface area contributed by atoms with Crippen molar-refractivity contribution in [2.45, 2.75) is 44.4 Å². The Labute approximate surface area is 190 Å². The number of nitrogens with zero attached hydrogens (tertiary/aromatic N) is 6. The van der Waals surface area contributed by atoms with E-state index < -0.39 is 6.43 Å². The van der Waals surface area contributed by atoms with E-state index in [4.69, 9.17) is 24.9 Å². The molecule has 5 rings (SSSR count). The lowest BCUT2D eigenvalue weighted by Gasteiger charge is -2.45. The van der Waals surface area contributed by atoms with Gasteiger partial charge < -0.3 is 29.7 Å². The van der Waals surface area contributed by atoms with Crippen LogP contribution in [-0.2, 0) is 14.2 Å². The molecule has 0 saturated carbocycles. The molecule has 10 nitrogen and oxygen atoms in total. The van der Waals surface area contributed by atoms with Crippen molar-refractivity contribution in [3.05, 3.63) is 17.8 Å². The van der Waals surface area contributed by atoms with Gasteiger partial charge in [0.15, 0.2) is 5.82 Å². The lowest BCUT2D eigenvalue weighted by atomic mass is 10.1. The second-order valence-electron chi connectivity index (χ2n) is 8.69. The molecule has 0 spiro atoms. The van der Waals surface area contributed by atoms with Crippen molar-refractivity contribution in [1.82, 2.24) is 19.9 Å². The Hall–Kier alpha value is -2.70. The zero-order valence-electron chi connectivity index (χ0n) is 18.5. The Bertz CT molecular complexity index is 982. The number of hydrogen-bond donors (Lipinski definition) is 1. The van der Waals surface area contributed by atoms with Crippen LogP contribution in [0, 0.1) is 0 Å². The van der Waals surface area contributed by atoms with Crippen LogP contribution in [0.5, 0.6) is 0 Å². The maximum Gasteiger partial charge on any atom is 0.264 e. The fourth-order valence-corrected chi connectivity index (χ4v) is 4.68. The Morgan fingerprint density at radius 1 is 0.879 bits per heavy atom. The smallest absolute Gasteiger partial charge is 0.264 e. The van der Waals surface area contributed by atoms with Crippen LogP contribution in [0.1, 0.15) is 25.8 Å². The van der Waals surface area contributed by atoms with Crippen LogP contribution in [0.15, 0.2) is 12.3 Å². The number of fused-ring (bicyclic) bond motifs is 2. The third-order valence-corrected chi connectivity index (χ3v) is 6.20. The zero-order valence-corrected chi connectivity index (χ0v) is 18.5. The van der Waals surface area contributed by atoms with Gasteiger partial charge in [-0.2, -0.15) is 15.0 Å². The highest BCUT2D eigenvalue weighted by Gasteiger charge is 2.39. The van der Waals surface area contributed by atoms with Gasteiger partial charge in [0.25, 0.3) is 6.43 Å². The largest absolute Gasteiger partial charge is 0.384 e. The first-order valence-corrected chi connectivity index (χ1v) is 11.0. The Morgan fingerprint density at radius 3 is 2.00 bits per heavy atom. The lowest BCUT2D eigenvalue weighted by Crippen LogP contribution is -2.60. The molecule has 3 aliphatic rings. The summed E-state index contributed by atoms with van der Waals surface area (Å²) in [5, 5.41) is 0. The number of hydrogen-bond acceptors (Lipinski definition) is 10. The van der Waals surface area contributed by atoms with Crippen LogP contribution < -0.4 is 15.5 Å².